The minimum absolute atomic E-state index is 0.118. The zero-order valence-corrected chi connectivity index (χ0v) is 18.4. The van der Waals surface area contributed by atoms with Gasteiger partial charge in [0.15, 0.2) is 5.13 Å². The van der Waals surface area contributed by atoms with E-state index in [2.05, 4.69) is 32.7 Å². The van der Waals surface area contributed by atoms with Gasteiger partial charge in [-0.05, 0) is 48.2 Å². The quantitative estimate of drug-likeness (QED) is 0.433. The second-order valence-corrected chi connectivity index (χ2v) is 8.25. The number of anilines is 1. The fourth-order valence-corrected chi connectivity index (χ4v) is 3.99. The molecule has 8 heteroatoms. The molecular weight excluding hydrogens is 422 g/mol. The predicted molar refractivity (Wildman–Crippen MR) is 126 cm³/mol. The molecule has 0 bridgehead atoms. The largest absolute Gasteiger partial charge is 0.356 e. The van der Waals surface area contributed by atoms with Gasteiger partial charge in [0.2, 0.25) is 5.91 Å². The van der Waals surface area contributed by atoms with Crippen molar-refractivity contribution in [1.82, 2.24) is 19.9 Å². The normalized spacial score (nSPS) is 10.7. The molecule has 0 aliphatic carbocycles. The Morgan fingerprint density at radius 2 is 1.88 bits per heavy atom. The lowest BCUT2D eigenvalue weighted by atomic mass is 10.0. The van der Waals surface area contributed by atoms with Crippen molar-refractivity contribution >= 4 is 28.3 Å². The monoisotopic (exact) mass is 445 g/mol. The number of hydrogen-bond acceptors (Lipinski definition) is 5. The van der Waals surface area contributed by atoms with Crippen molar-refractivity contribution in [3.8, 4) is 11.3 Å². The maximum atomic E-state index is 12.2. The second kappa shape index (κ2) is 10.0. The minimum atomic E-state index is -0.318. The molecule has 0 saturated carbocycles. The maximum Gasteiger partial charge on any atom is 0.253 e. The first-order chi connectivity index (χ1) is 15.6. The number of amides is 2. The van der Waals surface area contributed by atoms with E-state index in [1.54, 1.807) is 23.0 Å². The number of hydrogen-bond donors (Lipinski definition) is 2. The first-order valence-electron chi connectivity index (χ1n) is 10.2. The van der Waals surface area contributed by atoms with Crippen molar-refractivity contribution < 1.29 is 9.59 Å². The van der Waals surface area contributed by atoms with Gasteiger partial charge in [-0.15, -0.1) is 11.3 Å². The molecule has 3 heterocycles. The summed E-state index contributed by atoms with van der Waals surface area (Å²) in [6.07, 6.45) is 8.96. The highest BCUT2D eigenvalue weighted by Gasteiger charge is 2.11. The van der Waals surface area contributed by atoms with Crippen LogP contribution in [0.5, 0.6) is 0 Å². The van der Waals surface area contributed by atoms with Gasteiger partial charge in [-0.3, -0.25) is 14.6 Å². The maximum absolute atomic E-state index is 12.2. The fourth-order valence-electron chi connectivity index (χ4n) is 3.25. The lowest BCUT2D eigenvalue weighted by Gasteiger charge is -2.05. The summed E-state index contributed by atoms with van der Waals surface area (Å²) in [7, 11) is 1.83. The van der Waals surface area contributed by atoms with E-state index in [9.17, 15) is 9.59 Å². The number of nitrogens with zero attached hydrogens (tertiary/aromatic N) is 3. The lowest BCUT2D eigenvalue weighted by Crippen LogP contribution is -2.32. The molecule has 0 spiro atoms. The Morgan fingerprint density at radius 1 is 1.06 bits per heavy atom. The van der Waals surface area contributed by atoms with Gasteiger partial charge >= 0.3 is 0 Å². The average Bonchev–Trinajstić information content (AvgIpc) is 3.46. The molecule has 3 aromatic heterocycles. The van der Waals surface area contributed by atoms with Crippen molar-refractivity contribution in [2.75, 3.05) is 11.9 Å². The number of aryl methyl sites for hydroxylation is 3. The molecule has 4 rings (SSSR count). The number of carbonyl (C=O) groups is 2. The van der Waals surface area contributed by atoms with E-state index >= 15 is 0 Å². The van der Waals surface area contributed by atoms with Crippen LogP contribution in [0, 0.1) is 0 Å². The van der Waals surface area contributed by atoms with Crippen LogP contribution in [0.3, 0.4) is 0 Å². The Bertz CT molecular complexity index is 1220. The number of carbonyl (C=O) groups excluding carboxylic acids is 2. The van der Waals surface area contributed by atoms with E-state index in [1.165, 1.54) is 22.5 Å². The van der Waals surface area contributed by atoms with Crippen molar-refractivity contribution in [2.45, 2.75) is 12.8 Å². The van der Waals surface area contributed by atoms with Crippen LogP contribution in [0.4, 0.5) is 5.13 Å². The fraction of sp³-hybridized carbons (Fsp3) is 0.167. The van der Waals surface area contributed by atoms with Crippen molar-refractivity contribution in [3.63, 3.8) is 0 Å². The van der Waals surface area contributed by atoms with Crippen LogP contribution in [0.1, 0.15) is 21.5 Å². The highest BCUT2D eigenvalue weighted by atomic mass is 32.1. The standard InChI is InChI=1S/C24H23N5O2S/c1-29-12-9-20(15-29)23(31)26-14-22(30)28-24-27-21(16-32-24)19-4-2-3-18(13-19)6-5-17-7-10-25-11-8-17/h2-4,7-13,15-16H,5-6,14H2,1H3,(H,26,31)(H,27,28,30). The van der Waals surface area contributed by atoms with Crippen molar-refractivity contribution in [1.29, 1.82) is 0 Å². The number of nitrogens with one attached hydrogen (secondary N) is 2. The Morgan fingerprint density at radius 3 is 2.66 bits per heavy atom. The van der Waals surface area contributed by atoms with Crippen LogP contribution >= 0.6 is 11.3 Å². The molecule has 1 aromatic carbocycles. The molecule has 7 nitrogen and oxygen atoms in total. The lowest BCUT2D eigenvalue weighted by molar-refractivity contribution is -0.115. The first kappa shape index (κ1) is 21.5. The predicted octanol–water partition coefficient (Wildman–Crippen LogP) is 3.70. The van der Waals surface area contributed by atoms with E-state index < -0.39 is 0 Å². The molecule has 0 radical (unpaired) electrons. The summed E-state index contributed by atoms with van der Waals surface area (Å²) in [5, 5.41) is 7.78. The molecule has 162 valence electrons. The topological polar surface area (TPSA) is 88.9 Å². The van der Waals surface area contributed by atoms with Gasteiger partial charge in [0.05, 0.1) is 17.8 Å². The van der Waals surface area contributed by atoms with E-state index in [1.807, 2.05) is 49.1 Å². The molecule has 32 heavy (non-hydrogen) atoms. The number of aromatic nitrogens is 3. The van der Waals surface area contributed by atoms with Crippen molar-refractivity contribution in [2.24, 2.45) is 7.05 Å². The van der Waals surface area contributed by atoms with Crippen LogP contribution in [0.25, 0.3) is 11.3 Å². The second-order valence-electron chi connectivity index (χ2n) is 7.39. The third-order valence-electron chi connectivity index (χ3n) is 4.93. The van der Waals surface area contributed by atoms with Gasteiger partial charge in [-0.2, -0.15) is 0 Å². The molecule has 0 aliphatic rings. The molecule has 0 unspecified atom stereocenters. The van der Waals surface area contributed by atoms with Crippen LogP contribution < -0.4 is 10.6 Å². The summed E-state index contributed by atoms with van der Waals surface area (Å²) in [5.41, 5.74) is 4.81. The molecule has 2 N–H and O–H groups in total. The van der Waals surface area contributed by atoms with Crippen LogP contribution in [0.15, 0.2) is 72.6 Å². The molecular formula is C24H23N5O2S. The van der Waals surface area contributed by atoms with Gasteiger partial charge in [0, 0.05) is 42.8 Å². The Kier molecular flexibility index (Phi) is 6.72. The zero-order valence-electron chi connectivity index (χ0n) is 17.6. The third-order valence-corrected chi connectivity index (χ3v) is 5.69. The minimum Gasteiger partial charge on any atom is -0.356 e. The molecule has 0 atom stereocenters. The molecule has 4 aromatic rings. The first-order valence-corrected chi connectivity index (χ1v) is 11.1. The molecule has 0 saturated heterocycles. The van der Waals surface area contributed by atoms with Crippen LogP contribution in [-0.4, -0.2) is 32.9 Å². The molecule has 2 amide bonds. The third kappa shape index (κ3) is 5.67. The summed E-state index contributed by atoms with van der Waals surface area (Å²) in [4.78, 5) is 32.8. The average molecular weight is 446 g/mol. The summed E-state index contributed by atoms with van der Waals surface area (Å²) in [6, 6.07) is 14.0. The summed E-state index contributed by atoms with van der Waals surface area (Å²) >= 11 is 1.36. The summed E-state index contributed by atoms with van der Waals surface area (Å²) in [5.74, 6) is -0.606. The van der Waals surface area contributed by atoms with Gasteiger partial charge in [0.25, 0.3) is 5.91 Å². The van der Waals surface area contributed by atoms with Crippen LogP contribution in [0.2, 0.25) is 0 Å². The summed E-state index contributed by atoms with van der Waals surface area (Å²) < 4.78 is 1.78. The van der Waals surface area contributed by atoms with E-state index in [0.29, 0.717) is 10.7 Å². The highest BCUT2D eigenvalue weighted by Crippen LogP contribution is 2.26. The number of thiazole rings is 1. The molecule has 0 fully saturated rings. The zero-order chi connectivity index (χ0) is 22.3. The van der Waals surface area contributed by atoms with Crippen molar-refractivity contribution in [3.05, 3.63) is 89.3 Å². The number of benzene rings is 1. The Labute approximate surface area is 190 Å². The highest BCUT2D eigenvalue weighted by molar-refractivity contribution is 7.14. The number of pyridine rings is 1. The summed E-state index contributed by atoms with van der Waals surface area (Å²) in [6.45, 7) is -0.118. The smallest absolute Gasteiger partial charge is 0.253 e. The van der Waals surface area contributed by atoms with Gasteiger partial charge in [-0.1, -0.05) is 18.2 Å². The van der Waals surface area contributed by atoms with Gasteiger partial charge < -0.3 is 15.2 Å². The Hall–Kier alpha value is -3.78. The van der Waals surface area contributed by atoms with E-state index in [0.717, 1.165) is 24.1 Å². The van der Waals surface area contributed by atoms with Crippen LogP contribution in [-0.2, 0) is 24.7 Å². The molecule has 0 aliphatic heterocycles. The number of rotatable bonds is 8. The SMILES string of the molecule is Cn1ccc(C(=O)NCC(=O)Nc2nc(-c3cccc(CCc4ccncc4)c3)cs2)c1. The van der Waals surface area contributed by atoms with Gasteiger partial charge in [-0.25, -0.2) is 4.98 Å². The Balaban J connectivity index is 1.32. The van der Waals surface area contributed by atoms with Gasteiger partial charge in [0.1, 0.15) is 0 Å². The van der Waals surface area contributed by atoms with E-state index in [4.69, 9.17) is 0 Å². The van der Waals surface area contributed by atoms with E-state index in [-0.39, 0.29) is 18.4 Å².